The number of carbonyl (C=O) groups excluding carboxylic acids is 2. The third kappa shape index (κ3) is 5.89. The van der Waals surface area contributed by atoms with E-state index in [-0.39, 0.29) is 18.6 Å². The fourth-order valence-electron chi connectivity index (χ4n) is 2.06. The molecule has 5 heteroatoms. The second kappa shape index (κ2) is 8.89. The van der Waals surface area contributed by atoms with Gasteiger partial charge in [-0.25, -0.2) is 4.79 Å². The van der Waals surface area contributed by atoms with Gasteiger partial charge in [0, 0.05) is 11.1 Å². The standard InChI is InChI=1S/C19H18ClNO3/c1-14(16-8-5-9-17(20)12-16)21-18(22)13-24-19(23)11-10-15-6-3-2-4-7-15/h2-12,14H,13H2,1H3,(H,21,22)/b11-10+/t14-/m0/s1. The fraction of sp³-hybridized carbons (Fsp3) is 0.158. The number of rotatable bonds is 6. The summed E-state index contributed by atoms with van der Waals surface area (Å²) in [6, 6.07) is 16.4. The van der Waals surface area contributed by atoms with Crippen molar-refractivity contribution in [2.75, 3.05) is 6.61 Å². The Kier molecular flexibility index (Phi) is 6.58. The maximum atomic E-state index is 11.8. The minimum Gasteiger partial charge on any atom is -0.452 e. The van der Waals surface area contributed by atoms with Crippen LogP contribution in [0.15, 0.2) is 60.7 Å². The molecule has 0 radical (unpaired) electrons. The van der Waals surface area contributed by atoms with Gasteiger partial charge in [0.1, 0.15) is 0 Å². The van der Waals surface area contributed by atoms with E-state index in [1.807, 2.05) is 49.4 Å². The molecule has 2 rings (SSSR count). The first-order valence-corrected chi connectivity index (χ1v) is 7.87. The SMILES string of the molecule is C[C@H](NC(=O)COC(=O)/C=C/c1ccccc1)c1cccc(Cl)c1. The minimum atomic E-state index is -0.565. The second-order valence-corrected chi connectivity index (χ2v) is 5.63. The molecule has 4 nitrogen and oxygen atoms in total. The molecule has 1 atom stereocenters. The number of nitrogens with one attached hydrogen (secondary N) is 1. The summed E-state index contributed by atoms with van der Waals surface area (Å²) < 4.78 is 4.92. The number of hydrogen-bond acceptors (Lipinski definition) is 3. The number of hydrogen-bond donors (Lipinski definition) is 1. The van der Waals surface area contributed by atoms with Crippen LogP contribution in [0.2, 0.25) is 5.02 Å². The Hall–Kier alpha value is -2.59. The van der Waals surface area contributed by atoms with Crippen molar-refractivity contribution in [2.45, 2.75) is 13.0 Å². The molecule has 24 heavy (non-hydrogen) atoms. The molecule has 0 unspecified atom stereocenters. The molecule has 1 amide bonds. The highest BCUT2D eigenvalue weighted by atomic mass is 35.5. The molecule has 0 saturated carbocycles. The molecule has 124 valence electrons. The summed E-state index contributed by atoms with van der Waals surface area (Å²) in [6.45, 7) is 1.50. The lowest BCUT2D eigenvalue weighted by Crippen LogP contribution is -2.30. The highest BCUT2D eigenvalue weighted by Gasteiger charge is 2.11. The molecule has 2 aromatic carbocycles. The van der Waals surface area contributed by atoms with Crippen LogP contribution in [-0.4, -0.2) is 18.5 Å². The van der Waals surface area contributed by atoms with Crippen molar-refractivity contribution in [3.8, 4) is 0 Å². The maximum absolute atomic E-state index is 11.8. The third-order valence-corrected chi connectivity index (χ3v) is 3.52. The molecule has 1 N–H and O–H groups in total. The van der Waals surface area contributed by atoms with Crippen molar-refractivity contribution < 1.29 is 14.3 Å². The lowest BCUT2D eigenvalue weighted by molar-refractivity contribution is -0.144. The zero-order valence-corrected chi connectivity index (χ0v) is 14.0. The van der Waals surface area contributed by atoms with Crippen molar-refractivity contribution >= 4 is 29.6 Å². The molecule has 0 aliphatic rings. The van der Waals surface area contributed by atoms with E-state index >= 15 is 0 Å². The average Bonchev–Trinajstić information content (AvgIpc) is 2.59. The van der Waals surface area contributed by atoms with Gasteiger partial charge in [0.15, 0.2) is 6.61 Å². The molecule has 0 bridgehead atoms. The summed E-state index contributed by atoms with van der Waals surface area (Å²) in [5.74, 6) is -0.937. The second-order valence-electron chi connectivity index (χ2n) is 5.20. The molecular weight excluding hydrogens is 326 g/mol. The minimum absolute atomic E-state index is 0.227. The van der Waals surface area contributed by atoms with Gasteiger partial charge >= 0.3 is 5.97 Å². The zero-order chi connectivity index (χ0) is 17.4. The van der Waals surface area contributed by atoms with Crippen molar-refractivity contribution in [2.24, 2.45) is 0 Å². The first-order valence-electron chi connectivity index (χ1n) is 7.49. The van der Waals surface area contributed by atoms with E-state index in [0.29, 0.717) is 5.02 Å². The first kappa shape index (κ1) is 17.8. The number of benzene rings is 2. The summed E-state index contributed by atoms with van der Waals surface area (Å²) in [4.78, 5) is 23.5. The van der Waals surface area contributed by atoms with Crippen LogP contribution in [0.5, 0.6) is 0 Å². The van der Waals surface area contributed by atoms with E-state index in [9.17, 15) is 9.59 Å². The van der Waals surface area contributed by atoms with E-state index < -0.39 is 5.97 Å². The van der Waals surface area contributed by atoms with Crippen molar-refractivity contribution in [1.82, 2.24) is 5.32 Å². The smallest absolute Gasteiger partial charge is 0.331 e. The lowest BCUT2D eigenvalue weighted by atomic mass is 10.1. The van der Waals surface area contributed by atoms with Gasteiger partial charge in [-0.15, -0.1) is 0 Å². The van der Waals surface area contributed by atoms with Crippen molar-refractivity contribution in [3.05, 3.63) is 76.8 Å². The summed E-state index contributed by atoms with van der Waals surface area (Å²) >= 11 is 5.92. The number of esters is 1. The van der Waals surface area contributed by atoms with Gasteiger partial charge in [0.25, 0.3) is 5.91 Å². The monoisotopic (exact) mass is 343 g/mol. The Morgan fingerprint density at radius 2 is 1.92 bits per heavy atom. The highest BCUT2D eigenvalue weighted by Crippen LogP contribution is 2.17. The predicted molar refractivity (Wildman–Crippen MR) is 94.4 cm³/mol. The van der Waals surface area contributed by atoms with Crippen LogP contribution in [0.3, 0.4) is 0 Å². The van der Waals surface area contributed by atoms with Crippen molar-refractivity contribution in [1.29, 1.82) is 0 Å². The number of amides is 1. The zero-order valence-electron chi connectivity index (χ0n) is 13.2. The van der Waals surface area contributed by atoms with E-state index in [2.05, 4.69) is 5.32 Å². The predicted octanol–water partition coefficient (Wildman–Crippen LogP) is 3.77. The summed E-state index contributed by atoms with van der Waals surface area (Å²) in [6.07, 6.45) is 2.93. The van der Waals surface area contributed by atoms with Crippen LogP contribution in [0, 0.1) is 0 Å². The summed E-state index contributed by atoms with van der Waals surface area (Å²) in [7, 11) is 0. The molecule has 2 aromatic rings. The van der Waals surface area contributed by atoms with E-state index in [0.717, 1.165) is 11.1 Å². The lowest BCUT2D eigenvalue weighted by Gasteiger charge is -2.14. The number of halogens is 1. The Balaban J connectivity index is 1.78. The molecule has 0 aliphatic carbocycles. The summed E-state index contributed by atoms with van der Waals surface area (Å²) in [5, 5.41) is 3.36. The Bertz CT molecular complexity index is 728. The Morgan fingerprint density at radius 1 is 1.17 bits per heavy atom. The normalized spacial score (nSPS) is 11.9. The van der Waals surface area contributed by atoms with Gasteiger partial charge in [0.05, 0.1) is 6.04 Å². The van der Waals surface area contributed by atoms with Crippen molar-refractivity contribution in [3.63, 3.8) is 0 Å². The Labute approximate surface area is 146 Å². The molecule has 0 fully saturated rings. The summed E-state index contributed by atoms with van der Waals surface area (Å²) in [5.41, 5.74) is 1.76. The average molecular weight is 344 g/mol. The Morgan fingerprint density at radius 3 is 2.62 bits per heavy atom. The first-order chi connectivity index (χ1) is 11.5. The van der Waals surface area contributed by atoms with Crippen LogP contribution >= 0.6 is 11.6 Å². The molecule has 0 heterocycles. The van der Waals surface area contributed by atoms with Crippen LogP contribution in [0.1, 0.15) is 24.1 Å². The van der Waals surface area contributed by atoms with E-state index in [4.69, 9.17) is 16.3 Å². The molecular formula is C19H18ClNO3. The number of carbonyl (C=O) groups is 2. The van der Waals surface area contributed by atoms with Crippen LogP contribution < -0.4 is 5.32 Å². The quantitative estimate of drug-likeness (QED) is 0.641. The van der Waals surface area contributed by atoms with Gasteiger partial charge in [-0.1, -0.05) is 54.1 Å². The fourth-order valence-corrected chi connectivity index (χ4v) is 2.25. The van der Waals surface area contributed by atoms with Crippen LogP contribution in [0.25, 0.3) is 6.08 Å². The van der Waals surface area contributed by atoms with Gasteiger partial charge in [-0.3, -0.25) is 4.79 Å². The number of ether oxygens (including phenoxy) is 1. The van der Waals surface area contributed by atoms with Gasteiger partial charge in [-0.2, -0.15) is 0 Å². The van der Waals surface area contributed by atoms with Gasteiger partial charge in [-0.05, 0) is 36.3 Å². The molecule has 0 aromatic heterocycles. The maximum Gasteiger partial charge on any atom is 0.331 e. The molecule has 0 spiro atoms. The largest absolute Gasteiger partial charge is 0.452 e. The van der Waals surface area contributed by atoms with E-state index in [1.54, 1.807) is 18.2 Å². The third-order valence-electron chi connectivity index (χ3n) is 3.28. The molecule has 0 saturated heterocycles. The van der Waals surface area contributed by atoms with Crippen LogP contribution in [-0.2, 0) is 14.3 Å². The van der Waals surface area contributed by atoms with Gasteiger partial charge < -0.3 is 10.1 Å². The van der Waals surface area contributed by atoms with E-state index in [1.165, 1.54) is 6.08 Å². The topological polar surface area (TPSA) is 55.4 Å². The van der Waals surface area contributed by atoms with Gasteiger partial charge in [0.2, 0.25) is 0 Å². The highest BCUT2D eigenvalue weighted by molar-refractivity contribution is 6.30. The molecule has 0 aliphatic heterocycles. The van der Waals surface area contributed by atoms with Crippen LogP contribution in [0.4, 0.5) is 0 Å².